The molecule has 2 aliphatic heterocycles. The Morgan fingerprint density at radius 3 is 2.54 bits per heavy atom. The number of hydrogen-bond donors (Lipinski definition) is 1. The zero-order valence-corrected chi connectivity index (χ0v) is 16.5. The fourth-order valence-corrected chi connectivity index (χ4v) is 3.30. The minimum absolute atomic E-state index is 0. The van der Waals surface area contributed by atoms with Crippen LogP contribution in [0.2, 0.25) is 0 Å². The van der Waals surface area contributed by atoms with Crippen LogP contribution >= 0.6 is 12.4 Å². The Kier molecular flexibility index (Phi) is 6.08. The highest BCUT2D eigenvalue weighted by molar-refractivity contribution is 5.85. The number of ether oxygens (including phenoxy) is 1. The summed E-state index contributed by atoms with van der Waals surface area (Å²) >= 11 is 0. The van der Waals surface area contributed by atoms with Crippen molar-refractivity contribution in [3.05, 3.63) is 70.3 Å². The van der Waals surface area contributed by atoms with Crippen molar-refractivity contribution in [3.8, 4) is 17.6 Å². The second kappa shape index (κ2) is 8.52. The molecular formula is C23H22ClNO3. The van der Waals surface area contributed by atoms with Crippen molar-refractivity contribution in [2.75, 3.05) is 26.2 Å². The van der Waals surface area contributed by atoms with Gasteiger partial charge in [-0.3, -0.25) is 9.69 Å². The van der Waals surface area contributed by atoms with E-state index in [0.717, 1.165) is 29.0 Å². The number of likely N-dealkylation sites (tertiary alicyclic amines) is 1. The monoisotopic (exact) mass is 395 g/mol. The van der Waals surface area contributed by atoms with E-state index in [0.29, 0.717) is 19.7 Å². The van der Waals surface area contributed by atoms with Crippen LogP contribution in [-0.2, 0) is 4.79 Å². The van der Waals surface area contributed by atoms with Gasteiger partial charge in [-0.2, -0.15) is 0 Å². The number of benzene rings is 2. The van der Waals surface area contributed by atoms with Crippen LogP contribution in [0.15, 0.2) is 48.0 Å². The van der Waals surface area contributed by atoms with Crippen LogP contribution in [0.25, 0.3) is 6.08 Å². The van der Waals surface area contributed by atoms with Gasteiger partial charge in [0, 0.05) is 36.3 Å². The molecule has 2 aromatic carbocycles. The van der Waals surface area contributed by atoms with Crippen molar-refractivity contribution >= 4 is 24.5 Å². The Bertz CT molecular complexity index is 964. The first kappa shape index (κ1) is 20.0. The largest absolute Gasteiger partial charge is 0.489 e. The average Bonchev–Trinajstić information content (AvgIpc) is 2.63. The van der Waals surface area contributed by atoms with Crippen LogP contribution in [0.4, 0.5) is 0 Å². The van der Waals surface area contributed by atoms with Gasteiger partial charge in [-0.05, 0) is 42.8 Å². The summed E-state index contributed by atoms with van der Waals surface area (Å²) in [6, 6.07) is 14.2. The summed E-state index contributed by atoms with van der Waals surface area (Å²) in [6.07, 6.45) is 2.14. The summed E-state index contributed by atoms with van der Waals surface area (Å²) in [5, 5.41) is 8.96. The molecule has 2 aliphatic rings. The summed E-state index contributed by atoms with van der Waals surface area (Å²) < 4.78 is 5.91. The number of nitrogens with zero attached hydrogens (tertiary/aromatic N) is 1. The molecule has 0 bridgehead atoms. The second-order valence-electron chi connectivity index (χ2n) is 7.19. The zero-order chi connectivity index (χ0) is 18.8. The maximum absolute atomic E-state index is 10.9. The third-order valence-electron chi connectivity index (χ3n) is 4.92. The number of halogens is 1. The van der Waals surface area contributed by atoms with Crippen LogP contribution < -0.4 is 4.74 Å². The summed E-state index contributed by atoms with van der Waals surface area (Å²) in [7, 11) is 0. The fourth-order valence-electron chi connectivity index (χ4n) is 3.30. The summed E-state index contributed by atoms with van der Waals surface area (Å²) in [6.45, 7) is 4.60. The van der Waals surface area contributed by atoms with E-state index in [2.05, 4.69) is 41.9 Å². The standard InChI is InChI=1S/C23H21NO3.ClH/c1-16-2-4-17(5-3-16)6-7-18-8-9-20-10-19(15-27-22(20)11-18)12-24-13-21(14-24)23(25)26;/h2-5,8-11,21H,12-15H2,1H3,(H,25,26);1H. The van der Waals surface area contributed by atoms with Gasteiger partial charge in [0.2, 0.25) is 0 Å². The average molecular weight is 396 g/mol. The summed E-state index contributed by atoms with van der Waals surface area (Å²) in [4.78, 5) is 13.0. The first-order chi connectivity index (χ1) is 13.1. The number of carboxylic acids is 1. The first-order valence-corrected chi connectivity index (χ1v) is 9.07. The number of hydrogen-bond acceptors (Lipinski definition) is 3. The molecular weight excluding hydrogens is 374 g/mol. The molecule has 0 atom stereocenters. The number of fused-ring (bicyclic) bond motifs is 1. The van der Waals surface area contributed by atoms with Gasteiger partial charge < -0.3 is 9.84 Å². The van der Waals surface area contributed by atoms with E-state index in [-0.39, 0.29) is 18.3 Å². The molecule has 0 aliphatic carbocycles. The van der Waals surface area contributed by atoms with Crippen LogP contribution in [0.5, 0.6) is 5.75 Å². The minimum atomic E-state index is -0.704. The zero-order valence-electron chi connectivity index (χ0n) is 15.6. The number of carboxylic acid groups (broad SMARTS) is 1. The molecule has 0 amide bonds. The van der Waals surface area contributed by atoms with Crippen molar-refractivity contribution in [1.29, 1.82) is 0 Å². The third-order valence-corrected chi connectivity index (χ3v) is 4.92. The van der Waals surface area contributed by atoms with E-state index in [4.69, 9.17) is 9.84 Å². The van der Waals surface area contributed by atoms with Crippen LogP contribution in [0.3, 0.4) is 0 Å². The number of aliphatic carboxylic acids is 1. The molecule has 28 heavy (non-hydrogen) atoms. The Morgan fingerprint density at radius 1 is 1.14 bits per heavy atom. The van der Waals surface area contributed by atoms with Gasteiger partial charge in [0.15, 0.2) is 0 Å². The van der Waals surface area contributed by atoms with E-state index in [1.165, 1.54) is 11.1 Å². The maximum Gasteiger partial charge on any atom is 0.309 e. The van der Waals surface area contributed by atoms with Gasteiger partial charge in [0.05, 0.1) is 5.92 Å². The lowest BCUT2D eigenvalue weighted by atomic mass is 9.98. The van der Waals surface area contributed by atoms with E-state index in [1.54, 1.807) is 0 Å². The molecule has 0 saturated carbocycles. The molecule has 2 heterocycles. The maximum atomic E-state index is 10.9. The molecule has 144 valence electrons. The highest BCUT2D eigenvalue weighted by Gasteiger charge is 2.32. The lowest BCUT2D eigenvalue weighted by Crippen LogP contribution is -2.51. The first-order valence-electron chi connectivity index (χ1n) is 9.07. The molecule has 1 saturated heterocycles. The van der Waals surface area contributed by atoms with Crippen LogP contribution in [0.1, 0.15) is 22.3 Å². The molecule has 0 radical (unpaired) electrons. The Morgan fingerprint density at radius 2 is 1.82 bits per heavy atom. The molecule has 1 fully saturated rings. The van der Waals surface area contributed by atoms with Gasteiger partial charge in [-0.25, -0.2) is 0 Å². The van der Waals surface area contributed by atoms with Gasteiger partial charge in [0.1, 0.15) is 12.4 Å². The van der Waals surface area contributed by atoms with Crippen molar-refractivity contribution < 1.29 is 14.6 Å². The fraction of sp³-hybridized carbons (Fsp3) is 0.261. The highest BCUT2D eigenvalue weighted by atomic mass is 35.5. The molecule has 5 heteroatoms. The molecule has 2 aromatic rings. The second-order valence-corrected chi connectivity index (χ2v) is 7.19. The lowest BCUT2D eigenvalue weighted by Gasteiger charge is -2.37. The van der Waals surface area contributed by atoms with Crippen LogP contribution in [0, 0.1) is 24.7 Å². The quantitative estimate of drug-likeness (QED) is 0.806. The number of rotatable bonds is 3. The van der Waals surface area contributed by atoms with E-state index in [9.17, 15) is 4.79 Å². The highest BCUT2D eigenvalue weighted by Crippen LogP contribution is 2.28. The van der Waals surface area contributed by atoms with Crippen molar-refractivity contribution in [2.45, 2.75) is 6.92 Å². The van der Waals surface area contributed by atoms with Gasteiger partial charge in [0.25, 0.3) is 0 Å². The molecule has 1 N–H and O–H groups in total. The molecule has 4 rings (SSSR count). The predicted molar refractivity (Wildman–Crippen MR) is 112 cm³/mol. The number of carbonyl (C=O) groups is 1. The molecule has 0 unspecified atom stereocenters. The van der Waals surface area contributed by atoms with Gasteiger partial charge in [-0.1, -0.05) is 35.6 Å². The van der Waals surface area contributed by atoms with E-state index >= 15 is 0 Å². The normalized spacial score (nSPS) is 15.7. The Balaban J connectivity index is 0.00000225. The van der Waals surface area contributed by atoms with E-state index in [1.807, 2.05) is 30.3 Å². The van der Waals surface area contributed by atoms with E-state index < -0.39 is 5.97 Å². The van der Waals surface area contributed by atoms with Crippen molar-refractivity contribution in [3.63, 3.8) is 0 Å². The Labute approximate surface area is 171 Å². The lowest BCUT2D eigenvalue weighted by molar-refractivity contribution is -0.147. The topological polar surface area (TPSA) is 49.8 Å². The smallest absolute Gasteiger partial charge is 0.309 e. The molecule has 0 aromatic heterocycles. The van der Waals surface area contributed by atoms with Gasteiger partial charge >= 0.3 is 5.97 Å². The molecule has 0 spiro atoms. The summed E-state index contributed by atoms with van der Waals surface area (Å²) in [5.41, 5.74) is 5.37. The van der Waals surface area contributed by atoms with Gasteiger partial charge in [-0.15, -0.1) is 12.4 Å². The predicted octanol–water partition coefficient (Wildman–Crippen LogP) is 3.61. The summed E-state index contributed by atoms with van der Waals surface area (Å²) in [5.74, 6) is 6.30. The SMILES string of the molecule is Cc1ccc(C#Cc2ccc3c(c2)OCC(CN2CC(C(=O)O)C2)=C3)cc1.Cl. The number of aryl methyl sites for hydroxylation is 1. The molecule has 4 nitrogen and oxygen atoms in total. The Hall–Kier alpha value is -2.74. The third kappa shape index (κ3) is 4.56. The van der Waals surface area contributed by atoms with Crippen molar-refractivity contribution in [2.24, 2.45) is 5.92 Å². The minimum Gasteiger partial charge on any atom is -0.489 e. The van der Waals surface area contributed by atoms with Crippen LogP contribution in [-0.4, -0.2) is 42.2 Å². The van der Waals surface area contributed by atoms with Crippen molar-refractivity contribution in [1.82, 2.24) is 4.90 Å².